The van der Waals surface area contributed by atoms with Gasteiger partial charge in [-0.15, -0.1) is 0 Å². The maximum absolute atomic E-state index is 8.72. The van der Waals surface area contributed by atoms with E-state index in [9.17, 15) is 0 Å². The zero-order chi connectivity index (χ0) is 13.1. The van der Waals surface area contributed by atoms with Gasteiger partial charge in [-0.3, -0.25) is 0 Å². The van der Waals surface area contributed by atoms with Crippen molar-refractivity contribution in [1.82, 2.24) is 0 Å². The van der Waals surface area contributed by atoms with Crippen LogP contribution in [0, 0.1) is 0 Å². The van der Waals surface area contributed by atoms with E-state index in [2.05, 4.69) is 45.9 Å². The Morgan fingerprint density at radius 3 is 1.71 bits per heavy atom. The van der Waals surface area contributed by atoms with Gasteiger partial charge in [-0.1, -0.05) is 34.9 Å². The Morgan fingerprint density at radius 2 is 1.24 bits per heavy atom. The molecule has 98 valence electrons. The molecule has 0 heterocycles. The van der Waals surface area contributed by atoms with Crippen LogP contribution in [0.3, 0.4) is 0 Å². The topological polar surface area (TPSA) is 20.2 Å². The molecule has 0 saturated carbocycles. The van der Waals surface area contributed by atoms with Crippen LogP contribution in [0.5, 0.6) is 0 Å². The highest BCUT2D eigenvalue weighted by atomic mass is 16.2. The minimum absolute atomic E-state index is 0.259. The first kappa shape index (κ1) is 16.2. The third-order valence-corrected chi connectivity index (χ3v) is 2.75. The van der Waals surface area contributed by atoms with Crippen molar-refractivity contribution < 1.29 is 5.11 Å². The minimum atomic E-state index is 0.259. The number of unbranched alkanes of at least 4 members (excludes halogenated alkanes) is 1. The monoisotopic (exact) mass is 236 g/mol. The van der Waals surface area contributed by atoms with Crippen LogP contribution >= 0.6 is 0 Å². The van der Waals surface area contributed by atoms with Gasteiger partial charge in [-0.2, -0.15) is 0 Å². The van der Waals surface area contributed by atoms with Crippen molar-refractivity contribution in [3.05, 3.63) is 34.9 Å². The number of aliphatic hydroxyl groups excluding tert-OH is 1. The largest absolute Gasteiger partial charge is 0.396 e. The Hall–Kier alpha value is -0.820. The molecule has 0 unspecified atom stereocenters. The van der Waals surface area contributed by atoms with Crippen LogP contribution in [0.15, 0.2) is 34.9 Å². The zero-order valence-electron chi connectivity index (χ0n) is 11.9. The fraction of sp³-hybridized carbons (Fsp3) is 0.625. The molecule has 1 N–H and O–H groups in total. The molecule has 0 atom stereocenters. The summed E-state index contributed by atoms with van der Waals surface area (Å²) < 4.78 is 0. The van der Waals surface area contributed by atoms with E-state index in [0.717, 1.165) is 32.1 Å². The number of hydrogen-bond acceptors (Lipinski definition) is 1. The molecule has 0 aliphatic rings. The van der Waals surface area contributed by atoms with Crippen molar-refractivity contribution in [2.24, 2.45) is 0 Å². The van der Waals surface area contributed by atoms with Crippen molar-refractivity contribution >= 4 is 0 Å². The lowest BCUT2D eigenvalue weighted by Gasteiger charge is -2.02. The number of allylic oxidation sites excluding steroid dienone is 5. The van der Waals surface area contributed by atoms with Crippen LogP contribution in [-0.4, -0.2) is 11.7 Å². The van der Waals surface area contributed by atoms with Gasteiger partial charge in [0.2, 0.25) is 0 Å². The van der Waals surface area contributed by atoms with Crippen LogP contribution in [0.4, 0.5) is 0 Å². The molecule has 0 amide bonds. The van der Waals surface area contributed by atoms with E-state index < -0.39 is 0 Å². The van der Waals surface area contributed by atoms with Crippen LogP contribution < -0.4 is 0 Å². The molecule has 1 nitrogen and oxygen atoms in total. The second-order valence-corrected chi connectivity index (χ2v) is 4.97. The smallest absolute Gasteiger partial charge is 0.0465 e. The second kappa shape index (κ2) is 10.3. The van der Waals surface area contributed by atoms with E-state index in [1.165, 1.54) is 16.7 Å². The predicted molar refractivity (Wildman–Crippen MR) is 77.1 cm³/mol. The third kappa shape index (κ3) is 11.4. The summed E-state index contributed by atoms with van der Waals surface area (Å²) in [6, 6.07) is 0. The second-order valence-electron chi connectivity index (χ2n) is 4.97. The van der Waals surface area contributed by atoms with E-state index in [-0.39, 0.29) is 6.61 Å². The van der Waals surface area contributed by atoms with Gasteiger partial charge in [0.25, 0.3) is 0 Å². The Labute approximate surface area is 107 Å². The van der Waals surface area contributed by atoms with Crippen LogP contribution in [0.25, 0.3) is 0 Å². The average Bonchev–Trinajstić information content (AvgIpc) is 2.29. The van der Waals surface area contributed by atoms with Crippen molar-refractivity contribution in [1.29, 1.82) is 0 Å². The fourth-order valence-electron chi connectivity index (χ4n) is 1.61. The maximum Gasteiger partial charge on any atom is 0.0465 e. The van der Waals surface area contributed by atoms with Gasteiger partial charge < -0.3 is 5.11 Å². The lowest BCUT2D eigenvalue weighted by molar-refractivity contribution is 0.302. The van der Waals surface area contributed by atoms with E-state index in [1.54, 1.807) is 0 Å². The quantitative estimate of drug-likeness (QED) is 0.474. The Morgan fingerprint density at radius 1 is 0.765 bits per heavy atom. The molecule has 0 saturated heterocycles. The average molecular weight is 236 g/mol. The van der Waals surface area contributed by atoms with Crippen LogP contribution in [0.1, 0.15) is 59.8 Å². The highest BCUT2D eigenvalue weighted by molar-refractivity contribution is 5.06. The molecule has 0 spiro atoms. The standard InChI is InChI=1S/C16H28O/c1-14(2)8-5-6-9-15(3)11-12-16(4)10-7-13-17/h8-10,17H,5-7,11-13H2,1-4H3/b15-9+,16-10+. The van der Waals surface area contributed by atoms with E-state index in [4.69, 9.17) is 5.11 Å². The molecule has 0 bridgehead atoms. The van der Waals surface area contributed by atoms with Gasteiger partial charge in [0, 0.05) is 6.61 Å². The molecule has 1 heteroatoms. The Bertz CT molecular complexity index is 278. The van der Waals surface area contributed by atoms with Gasteiger partial charge in [-0.05, 0) is 59.8 Å². The van der Waals surface area contributed by atoms with Crippen molar-refractivity contribution in [3.8, 4) is 0 Å². The van der Waals surface area contributed by atoms with Crippen molar-refractivity contribution in [2.45, 2.75) is 59.8 Å². The fourth-order valence-corrected chi connectivity index (χ4v) is 1.61. The SMILES string of the molecule is CC(C)=CCC/C=C(\C)CC/C(C)=C/CCO. The van der Waals surface area contributed by atoms with Gasteiger partial charge in [-0.25, -0.2) is 0 Å². The molecule has 0 rings (SSSR count). The summed E-state index contributed by atoms with van der Waals surface area (Å²) in [4.78, 5) is 0. The van der Waals surface area contributed by atoms with E-state index >= 15 is 0 Å². The molecular weight excluding hydrogens is 208 g/mol. The normalized spacial score (nSPS) is 12.8. The van der Waals surface area contributed by atoms with E-state index in [0.29, 0.717) is 0 Å². The maximum atomic E-state index is 8.72. The first-order valence-electron chi connectivity index (χ1n) is 6.61. The highest BCUT2D eigenvalue weighted by Gasteiger charge is 1.93. The summed E-state index contributed by atoms with van der Waals surface area (Å²) in [5.74, 6) is 0. The van der Waals surface area contributed by atoms with Crippen LogP contribution in [0.2, 0.25) is 0 Å². The molecule has 0 aliphatic carbocycles. The van der Waals surface area contributed by atoms with Crippen LogP contribution in [-0.2, 0) is 0 Å². The summed E-state index contributed by atoms with van der Waals surface area (Å²) in [5.41, 5.74) is 4.26. The molecule has 0 aromatic carbocycles. The number of hydrogen-bond donors (Lipinski definition) is 1. The van der Waals surface area contributed by atoms with Gasteiger partial charge in [0.1, 0.15) is 0 Å². The van der Waals surface area contributed by atoms with Crippen molar-refractivity contribution in [2.75, 3.05) is 6.61 Å². The first-order chi connectivity index (χ1) is 8.06. The summed E-state index contributed by atoms with van der Waals surface area (Å²) in [6.45, 7) is 8.90. The van der Waals surface area contributed by atoms with Gasteiger partial charge >= 0.3 is 0 Å². The van der Waals surface area contributed by atoms with Gasteiger partial charge in [0.15, 0.2) is 0 Å². The Kier molecular flexibility index (Phi) is 9.84. The summed E-state index contributed by atoms with van der Waals surface area (Å²) in [5, 5.41) is 8.72. The molecule has 0 radical (unpaired) electrons. The molecule has 17 heavy (non-hydrogen) atoms. The summed E-state index contributed by atoms with van der Waals surface area (Å²) in [6.07, 6.45) is 12.1. The van der Waals surface area contributed by atoms with Gasteiger partial charge in [0.05, 0.1) is 0 Å². The number of aliphatic hydroxyl groups is 1. The minimum Gasteiger partial charge on any atom is -0.396 e. The predicted octanol–water partition coefficient (Wildman–Crippen LogP) is 4.79. The molecule has 0 aromatic heterocycles. The zero-order valence-corrected chi connectivity index (χ0v) is 11.9. The first-order valence-corrected chi connectivity index (χ1v) is 6.61. The Balaban J connectivity index is 3.81. The summed E-state index contributed by atoms with van der Waals surface area (Å²) in [7, 11) is 0. The highest BCUT2D eigenvalue weighted by Crippen LogP contribution is 2.12. The molecule has 0 aliphatic heterocycles. The lowest BCUT2D eigenvalue weighted by atomic mass is 10.0. The molecular formula is C16H28O. The molecule has 0 fully saturated rings. The number of rotatable bonds is 8. The molecule has 0 aromatic rings. The third-order valence-electron chi connectivity index (χ3n) is 2.75. The van der Waals surface area contributed by atoms with E-state index in [1.807, 2.05) is 0 Å². The summed E-state index contributed by atoms with van der Waals surface area (Å²) >= 11 is 0. The lowest BCUT2D eigenvalue weighted by Crippen LogP contribution is -1.84. The van der Waals surface area contributed by atoms with Crippen molar-refractivity contribution in [3.63, 3.8) is 0 Å².